The molecule has 3 heterocycles. The van der Waals surface area contributed by atoms with Gasteiger partial charge in [-0.25, -0.2) is 0 Å². The molecule has 0 amide bonds. The van der Waals surface area contributed by atoms with E-state index in [-0.39, 0.29) is 12.9 Å². The number of fused-ring (bicyclic) bond motifs is 1. The summed E-state index contributed by atoms with van der Waals surface area (Å²) in [6, 6.07) is 9.98. The molecule has 1 unspecified atom stereocenters. The molecule has 8 heteroatoms. The Labute approximate surface area is 184 Å². The lowest BCUT2D eigenvalue weighted by molar-refractivity contribution is 0.0374. The van der Waals surface area contributed by atoms with E-state index in [1.54, 1.807) is 11.3 Å². The topological polar surface area (TPSA) is 52.2 Å². The Morgan fingerprint density at radius 2 is 2.03 bits per heavy atom. The van der Waals surface area contributed by atoms with Crippen LogP contribution in [0.15, 0.2) is 34.1 Å². The second-order valence-electron chi connectivity index (χ2n) is 7.08. The summed E-state index contributed by atoms with van der Waals surface area (Å²) >= 11 is 5.27. The second-order valence-corrected chi connectivity index (χ2v) is 9.58. The number of benzene rings is 1. The highest BCUT2D eigenvalue weighted by atomic mass is 79.9. The largest absolute Gasteiger partial charge is 0.481 e. The minimum absolute atomic E-state index is 0.0336. The van der Waals surface area contributed by atoms with Crippen molar-refractivity contribution in [2.45, 2.75) is 18.9 Å². The molecular weight excluding hydrogens is 456 g/mol. The molecule has 158 valence electrons. The molecular formula is C21H27BrN2O4S. The van der Waals surface area contributed by atoms with Crippen LogP contribution in [0.25, 0.3) is 0 Å². The number of hydrogen-bond acceptors (Lipinski definition) is 7. The second kappa shape index (κ2) is 10.6. The minimum Gasteiger partial charge on any atom is -0.481 e. The van der Waals surface area contributed by atoms with Gasteiger partial charge >= 0.3 is 0 Å². The summed E-state index contributed by atoms with van der Waals surface area (Å²) in [5, 5.41) is 3.57. The standard InChI is InChI=1S/C21H27BrN2O4S/c22-20-6-5-19(29-20)16(28-18-4-1-3-17-21(18)27-15-26-17)7-9-23-8-2-10-24-11-13-25-14-12-24/h1,3-6,16,23H,2,7-15H2. The molecule has 1 aromatic carbocycles. The van der Waals surface area contributed by atoms with Crippen molar-refractivity contribution in [2.24, 2.45) is 0 Å². The summed E-state index contributed by atoms with van der Waals surface area (Å²) < 4.78 is 24.0. The number of halogens is 1. The van der Waals surface area contributed by atoms with E-state index in [9.17, 15) is 0 Å². The highest BCUT2D eigenvalue weighted by molar-refractivity contribution is 9.11. The minimum atomic E-state index is -0.0336. The van der Waals surface area contributed by atoms with Gasteiger partial charge in [0.15, 0.2) is 11.5 Å². The fourth-order valence-electron chi connectivity index (χ4n) is 3.52. The van der Waals surface area contributed by atoms with E-state index in [1.165, 1.54) is 4.88 Å². The molecule has 0 radical (unpaired) electrons. The van der Waals surface area contributed by atoms with E-state index in [1.807, 2.05) is 18.2 Å². The SMILES string of the molecule is Brc1ccc(C(CCNCCCN2CCOCC2)Oc2cccc3c2OCO3)s1. The Morgan fingerprint density at radius 3 is 2.86 bits per heavy atom. The monoisotopic (exact) mass is 482 g/mol. The molecule has 6 nitrogen and oxygen atoms in total. The zero-order valence-corrected chi connectivity index (χ0v) is 18.8. The predicted octanol–water partition coefficient (Wildman–Crippen LogP) is 4.06. The molecule has 2 aliphatic rings. The smallest absolute Gasteiger partial charge is 0.231 e. The molecule has 2 aromatic rings. The molecule has 1 N–H and O–H groups in total. The molecule has 0 bridgehead atoms. The van der Waals surface area contributed by atoms with E-state index in [4.69, 9.17) is 18.9 Å². The van der Waals surface area contributed by atoms with Crippen molar-refractivity contribution in [1.29, 1.82) is 0 Å². The van der Waals surface area contributed by atoms with Crippen LogP contribution >= 0.6 is 27.3 Å². The third-order valence-electron chi connectivity index (χ3n) is 5.06. The van der Waals surface area contributed by atoms with Crippen molar-refractivity contribution in [3.63, 3.8) is 0 Å². The lowest BCUT2D eigenvalue weighted by Gasteiger charge is -2.26. The summed E-state index contributed by atoms with van der Waals surface area (Å²) in [5.41, 5.74) is 0. The van der Waals surface area contributed by atoms with Crippen molar-refractivity contribution in [1.82, 2.24) is 10.2 Å². The number of nitrogens with one attached hydrogen (secondary N) is 1. The summed E-state index contributed by atoms with van der Waals surface area (Å²) in [5.74, 6) is 2.18. The first kappa shape index (κ1) is 20.9. The van der Waals surface area contributed by atoms with Gasteiger partial charge in [0.25, 0.3) is 0 Å². The highest BCUT2D eigenvalue weighted by Gasteiger charge is 2.23. The lowest BCUT2D eigenvalue weighted by atomic mass is 10.2. The van der Waals surface area contributed by atoms with Crippen molar-refractivity contribution >= 4 is 27.3 Å². The zero-order chi connectivity index (χ0) is 19.9. The van der Waals surface area contributed by atoms with Gasteiger partial charge in [0.05, 0.1) is 17.0 Å². The van der Waals surface area contributed by atoms with Crippen LogP contribution in [-0.2, 0) is 4.74 Å². The predicted molar refractivity (Wildman–Crippen MR) is 117 cm³/mol. The number of ether oxygens (including phenoxy) is 4. The van der Waals surface area contributed by atoms with E-state index >= 15 is 0 Å². The molecule has 2 aliphatic heterocycles. The molecule has 1 saturated heterocycles. The molecule has 29 heavy (non-hydrogen) atoms. The summed E-state index contributed by atoms with van der Waals surface area (Å²) in [4.78, 5) is 3.67. The lowest BCUT2D eigenvalue weighted by Crippen LogP contribution is -2.37. The Balaban J connectivity index is 1.28. The summed E-state index contributed by atoms with van der Waals surface area (Å²) in [6.45, 7) is 7.11. The number of hydrogen-bond donors (Lipinski definition) is 1. The highest BCUT2D eigenvalue weighted by Crippen LogP contribution is 2.43. The average Bonchev–Trinajstić information content (AvgIpc) is 3.40. The maximum absolute atomic E-state index is 6.38. The Hall–Kier alpha value is -1.32. The molecule has 0 spiro atoms. The molecule has 0 saturated carbocycles. The van der Waals surface area contributed by atoms with Gasteiger partial charge < -0.3 is 24.3 Å². The molecule has 1 aromatic heterocycles. The van der Waals surface area contributed by atoms with Gasteiger partial charge in [-0.2, -0.15) is 0 Å². The Morgan fingerprint density at radius 1 is 1.14 bits per heavy atom. The molecule has 1 fully saturated rings. The van der Waals surface area contributed by atoms with Crippen LogP contribution in [0.3, 0.4) is 0 Å². The van der Waals surface area contributed by atoms with Gasteiger partial charge in [0, 0.05) is 24.4 Å². The number of nitrogens with zero attached hydrogens (tertiary/aromatic N) is 1. The van der Waals surface area contributed by atoms with Gasteiger partial charge in [-0.3, -0.25) is 4.90 Å². The fraction of sp³-hybridized carbons (Fsp3) is 0.524. The van der Waals surface area contributed by atoms with Gasteiger partial charge in [0.2, 0.25) is 12.5 Å². The summed E-state index contributed by atoms with van der Waals surface area (Å²) in [6.07, 6.45) is 2.00. The van der Waals surface area contributed by atoms with Crippen molar-refractivity contribution in [3.05, 3.63) is 39.0 Å². The van der Waals surface area contributed by atoms with Gasteiger partial charge in [-0.15, -0.1) is 11.3 Å². The number of morpholine rings is 1. The van der Waals surface area contributed by atoms with Crippen LogP contribution in [-0.4, -0.2) is 57.6 Å². The van der Waals surface area contributed by atoms with Crippen LogP contribution in [0, 0.1) is 0 Å². The van der Waals surface area contributed by atoms with E-state index in [0.717, 1.165) is 74.1 Å². The maximum Gasteiger partial charge on any atom is 0.231 e. The van der Waals surface area contributed by atoms with Crippen molar-refractivity contribution < 1.29 is 18.9 Å². The van der Waals surface area contributed by atoms with Crippen molar-refractivity contribution in [3.8, 4) is 17.2 Å². The van der Waals surface area contributed by atoms with Crippen LogP contribution in [0.2, 0.25) is 0 Å². The summed E-state index contributed by atoms with van der Waals surface area (Å²) in [7, 11) is 0. The van der Waals surface area contributed by atoms with Crippen molar-refractivity contribution in [2.75, 3.05) is 52.7 Å². The fourth-order valence-corrected chi connectivity index (χ4v) is 5.01. The maximum atomic E-state index is 6.38. The zero-order valence-electron chi connectivity index (χ0n) is 16.4. The quantitative estimate of drug-likeness (QED) is 0.515. The van der Waals surface area contributed by atoms with E-state index < -0.39 is 0 Å². The van der Waals surface area contributed by atoms with Gasteiger partial charge in [0.1, 0.15) is 6.10 Å². The molecule has 4 rings (SSSR count). The third-order valence-corrected chi connectivity index (χ3v) is 6.77. The van der Waals surface area contributed by atoms with Gasteiger partial charge in [-0.1, -0.05) is 6.07 Å². The third kappa shape index (κ3) is 5.86. The first-order valence-electron chi connectivity index (χ1n) is 10.1. The van der Waals surface area contributed by atoms with E-state index in [0.29, 0.717) is 5.75 Å². The first-order valence-corrected chi connectivity index (χ1v) is 11.7. The van der Waals surface area contributed by atoms with Crippen LogP contribution < -0.4 is 19.5 Å². The average molecular weight is 483 g/mol. The first-order chi connectivity index (χ1) is 14.3. The van der Waals surface area contributed by atoms with Crippen LogP contribution in [0.4, 0.5) is 0 Å². The van der Waals surface area contributed by atoms with Crippen LogP contribution in [0.1, 0.15) is 23.8 Å². The Bertz CT molecular complexity index is 782. The number of para-hydroxylation sites is 1. The molecule has 1 atom stereocenters. The number of rotatable bonds is 10. The van der Waals surface area contributed by atoms with Crippen LogP contribution in [0.5, 0.6) is 17.2 Å². The molecule has 0 aliphatic carbocycles. The van der Waals surface area contributed by atoms with Gasteiger partial charge in [-0.05, 0) is 66.3 Å². The Kier molecular flexibility index (Phi) is 7.67. The van der Waals surface area contributed by atoms with E-state index in [2.05, 4.69) is 38.3 Å². The number of thiophene rings is 1. The normalized spacial score (nSPS) is 17.4.